The molecule has 0 saturated carbocycles. The molecule has 3 nitrogen and oxygen atoms in total. The summed E-state index contributed by atoms with van der Waals surface area (Å²) in [6, 6.07) is 10.1. The molecule has 1 N–H and O–H groups in total. The van der Waals surface area contributed by atoms with Crippen molar-refractivity contribution in [2.45, 2.75) is 25.8 Å². The second-order valence-corrected chi connectivity index (χ2v) is 5.45. The Morgan fingerprint density at radius 2 is 2.14 bits per heavy atom. The van der Waals surface area contributed by atoms with E-state index in [2.05, 4.69) is 24.0 Å². The van der Waals surface area contributed by atoms with E-state index in [4.69, 9.17) is 0 Å². The molecule has 0 aliphatic carbocycles. The lowest BCUT2D eigenvalue weighted by Crippen LogP contribution is -2.31. The molecule has 1 saturated heterocycles. The Labute approximate surface area is 133 Å². The van der Waals surface area contributed by atoms with Gasteiger partial charge in [0.1, 0.15) is 0 Å². The maximum atomic E-state index is 12.4. The summed E-state index contributed by atoms with van der Waals surface area (Å²) in [6.45, 7) is 7.21. The van der Waals surface area contributed by atoms with Crippen LogP contribution >= 0.6 is 12.4 Å². The molecule has 0 aromatic heterocycles. The zero-order valence-electron chi connectivity index (χ0n) is 12.5. The molecule has 1 atom stereocenters. The topological polar surface area (TPSA) is 32.3 Å². The molecule has 1 aromatic carbocycles. The molecule has 0 radical (unpaired) electrons. The Hall–Kier alpha value is -1.32. The zero-order valence-corrected chi connectivity index (χ0v) is 13.3. The average molecular weight is 309 g/mol. The second-order valence-electron chi connectivity index (χ2n) is 5.45. The summed E-state index contributed by atoms with van der Waals surface area (Å²) in [5.74, 6) is 0.905. The third kappa shape index (κ3) is 5.90. The number of hydrogen-bond donors (Lipinski definition) is 1. The minimum absolute atomic E-state index is 0. The monoisotopic (exact) mass is 308 g/mol. The van der Waals surface area contributed by atoms with Gasteiger partial charge < -0.3 is 10.2 Å². The Morgan fingerprint density at radius 3 is 2.76 bits per heavy atom. The smallest absolute Gasteiger partial charge is 0.223 e. The van der Waals surface area contributed by atoms with Crippen molar-refractivity contribution in [3.05, 3.63) is 48.6 Å². The maximum absolute atomic E-state index is 12.4. The summed E-state index contributed by atoms with van der Waals surface area (Å²) in [5, 5.41) is 3.35. The quantitative estimate of drug-likeness (QED) is 0.785. The van der Waals surface area contributed by atoms with Crippen molar-refractivity contribution in [3.63, 3.8) is 0 Å². The molecule has 1 aliphatic heterocycles. The SMILES string of the molecule is C=CCN(Cc1ccccc1)C(=O)CCC1CCNC1.Cl. The van der Waals surface area contributed by atoms with Crippen LogP contribution in [0.1, 0.15) is 24.8 Å². The van der Waals surface area contributed by atoms with Crippen LogP contribution in [0.3, 0.4) is 0 Å². The molecule has 1 aliphatic rings. The molecule has 116 valence electrons. The number of rotatable bonds is 7. The molecular formula is C17H25ClN2O. The van der Waals surface area contributed by atoms with Gasteiger partial charge in [0.15, 0.2) is 0 Å². The lowest BCUT2D eigenvalue weighted by Gasteiger charge is -2.22. The molecule has 1 unspecified atom stereocenters. The summed E-state index contributed by atoms with van der Waals surface area (Å²) >= 11 is 0. The number of amides is 1. The van der Waals surface area contributed by atoms with E-state index in [-0.39, 0.29) is 18.3 Å². The first kappa shape index (κ1) is 17.7. The maximum Gasteiger partial charge on any atom is 0.223 e. The third-order valence-electron chi connectivity index (χ3n) is 3.85. The van der Waals surface area contributed by atoms with Crippen LogP contribution in [0, 0.1) is 5.92 Å². The van der Waals surface area contributed by atoms with Crippen LogP contribution < -0.4 is 5.32 Å². The number of benzene rings is 1. The molecule has 21 heavy (non-hydrogen) atoms. The zero-order chi connectivity index (χ0) is 14.2. The Morgan fingerprint density at radius 1 is 1.38 bits per heavy atom. The highest BCUT2D eigenvalue weighted by molar-refractivity contribution is 5.85. The molecule has 0 spiro atoms. The number of hydrogen-bond acceptors (Lipinski definition) is 2. The van der Waals surface area contributed by atoms with E-state index < -0.39 is 0 Å². The Bertz CT molecular complexity index is 430. The van der Waals surface area contributed by atoms with Gasteiger partial charge in [-0.1, -0.05) is 36.4 Å². The van der Waals surface area contributed by atoms with Crippen molar-refractivity contribution in [1.29, 1.82) is 0 Å². The van der Waals surface area contributed by atoms with Gasteiger partial charge in [0, 0.05) is 19.5 Å². The lowest BCUT2D eigenvalue weighted by atomic mass is 10.0. The van der Waals surface area contributed by atoms with Gasteiger partial charge in [-0.2, -0.15) is 0 Å². The summed E-state index contributed by atoms with van der Waals surface area (Å²) in [6.07, 6.45) is 4.65. The highest BCUT2D eigenvalue weighted by Gasteiger charge is 2.18. The van der Waals surface area contributed by atoms with Gasteiger partial charge in [-0.25, -0.2) is 0 Å². The predicted octanol–water partition coefficient (Wildman–Crippen LogP) is 3.01. The van der Waals surface area contributed by atoms with Gasteiger partial charge >= 0.3 is 0 Å². The number of carbonyl (C=O) groups is 1. The van der Waals surface area contributed by atoms with Crippen molar-refractivity contribution < 1.29 is 4.79 Å². The lowest BCUT2D eigenvalue weighted by molar-refractivity contribution is -0.131. The highest BCUT2D eigenvalue weighted by Crippen LogP contribution is 2.16. The minimum Gasteiger partial charge on any atom is -0.335 e. The largest absolute Gasteiger partial charge is 0.335 e. The van der Waals surface area contributed by atoms with Crippen LogP contribution in [0.2, 0.25) is 0 Å². The highest BCUT2D eigenvalue weighted by atomic mass is 35.5. The van der Waals surface area contributed by atoms with Crippen molar-refractivity contribution in [2.75, 3.05) is 19.6 Å². The van der Waals surface area contributed by atoms with Crippen molar-refractivity contribution >= 4 is 18.3 Å². The van der Waals surface area contributed by atoms with E-state index >= 15 is 0 Å². The molecule has 1 aromatic rings. The molecule has 2 rings (SSSR count). The molecule has 0 bridgehead atoms. The van der Waals surface area contributed by atoms with Crippen LogP contribution in [-0.4, -0.2) is 30.4 Å². The fourth-order valence-electron chi connectivity index (χ4n) is 2.66. The van der Waals surface area contributed by atoms with Crippen LogP contribution in [0.4, 0.5) is 0 Å². The van der Waals surface area contributed by atoms with Gasteiger partial charge in [-0.05, 0) is 37.4 Å². The van der Waals surface area contributed by atoms with Crippen molar-refractivity contribution in [1.82, 2.24) is 10.2 Å². The first-order valence-electron chi connectivity index (χ1n) is 7.43. The van der Waals surface area contributed by atoms with E-state index in [0.717, 1.165) is 19.5 Å². The molecule has 1 heterocycles. The summed E-state index contributed by atoms with van der Waals surface area (Å²) in [5.41, 5.74) is 1.17. The van der Waals surface area contributed by atoms with Crippen LogP contribution in [-0.2, 0) is 11.3 Å². The first-order valence-corrected chi connectivity index (χ1v) is 7.43. The normalized spacial score (nSPS) is 17.0. The van der Waals surface area contributed by atoms with Gasteiger partial charge in [-0.15, -0.1) is 19.0 Å². The standard InChI is InChI=1S/C17H24N2O.ClH/c1-2-12-19(14-16-6-4-3-5-7-16)17(20)9-8-15-10-11-18-13-15;/h2-7,15,18H,1,8-14H2;1H. The van der Waals surface area contributed by atoms with E-state index in [0.29, 0.717) is 25.4 Å². The summed E-state index contributed by atoms with van der Waals surface area (Å²) in [7, 11) is 0. The van der Waals surface area contributed by atoms with Crippen LogP contribution in [0.25, 0.3) is 0 Å². The van der Waals surface area contributed by atoms with Gasteiger partial charge in [0.2, 0.25) is 5.91 Å². The molecule has 4 heteroatoms. The number of halogens is 1. The van der Waals surface area contributed by atoms with Gasteiger partial charge in [-0.3, -0.25) is 4.79 Å². The fourth-order valence-corrected chi connectivity index (χ4v) is 2.66. The number of nitrogens with one attached hydrogen (secondary N) is 1. The number of nitrogens with zero attached hydrogens (tertiary/aromatic N) is 1. The van der Waals surface area contributed by atoms with E-state index in [1.54, 1.807) is 6.08 Å². The molecule has 1 fully saturated rings. The van der Waals surface area contributed by atoms with Gasteiger partial charge in [0.05, 0.1) is 0 Å². The summed E-state index contributed by atoms with van der Waals surface area (Å²) in [4.78, 5) is 14.2. The van der Waals surface area contributed by atoms with Gasteiger partial charge in [0.25, 0.3) is 0 Å². The Kier molecular flexibility index (Phi) is 8.09. The predicted molar refractivity (Wildman–Crippen MR) is 89.5 cm³/mol. The fraction of sp³-hybridized carbons (Fsp3) is 0.471. The van der Waals surface area contributed by atoms with Crippen LogP contribution in [0.5, 0.6) is 0 Å². The average Bonchev–Trinajstić information content (AvgIpc) is 2.99. The minimum atomic E-state index is 0. The van der Waals surface area contributed by atoms with Crippen molar-refractivity contribution in [3.8, 4) is 0 Å². The number of carbonyl (C=O) groups excluding carboxylic acids is 1. The molecular weight excluding hydrogens is 284 g/mol. The molecule has 1 amide bonds. The van der Waals surface area contributed by atoms with Crippen molar-refractivity contribution in [2.24, 2.45) is 5.92 Å². The first-order chi connectivity index (χ1) is 9.79. The summed E-state index contributed by atoms with van der Waals surface area (Å²) < 4.78 is 0. The second kappa shape index (κ2) is 9.59. The van der Waals surface area contributed by atoms with E-state index in [9.17, 15) is 4.79 Å². The Balaban J connectivity index is 0.00000220. The van der Waals surface area contributed by atoms with E-state index in [1.165, 1.54) is 12.0 Å². The van der Waals surface area contributed by atoms with Crippen LogP contribution in [0.15, 0.2) is 43.0 Å². The van der Waals surface area contributed by atoms with E-state index in [1.807, 2.05) is 23.1 Å². The third-order valence-corrected chi connectivity index (χ3v) is 3.85.